The Morgan fingerprint density at radius 1 is 0.674 bits per heavy atom. The van der Waals surface area contributed by atoms with E-state index in [2.05, 4.69) is 31.3 Å². The van der Waals surface area contributed by atoms with Crippen LogP contribution < -0.4 is 26.6 Å². The number of methoxy groups -OCH3 is 1. The van der Waals surface area contributed by atoms with Gasteiger partial charge in [0.15, 0.2) is 0 Å². The number of rotatable bonds is 10. The predicted octanol–water partition coefficient (Wildman–Crippen LogP) is 0.159. The van der Waals surface area contributed by atoms with Crippen molar-refractivity contribution in [2.24, 2.45) is 11.8 Å². The van der Waals surface area contributed by atoms with Crippen LogP contribution in [0.3, 0.4) is 0 Å². The van der Waals surface area contributed by atoms with E-state index in [1.807, 2.05) is 24.3 Å². The van der Waals surface area contributed by atoms with Gasteiger partial charge in [0.2, 0.25) is 23.6 Å². The monoisotopic (exact) mass is 609 g/mol. The van der Waals surface area contributed by atoms with Gasteiger partial charge in [-0.2, -0.15) is 0 Å². The molecule has 0 fully saturated rings. The quantitative estimate of drug-likeness (QED) is 0.170. The molecule has 2 aliphatic rings. The second-order valence-corrected chi connectivity index (χ2v) is 11.7. The maximum atomic E-state index is 13.2. The third-order valence-corrected chi connectivity index (χ3v) is 6.99. The molecule has 7 atom stereocenters. The molecule has 14 heteroatoms. The van der Waals surface area contributed by atoms with E-state index in [9.17, 15) is 28.8 Å². The zero-order chi connectivity index (χ0) is 31.6. The molecule has 0 radical (unpaired) electrons. The Morgan fingerprint density at radius 3 is 1.49 bits per heavy atom. The lowest BCUT2D eigenvalue weighted by molar-refractivity contribution is -0.145. The molecule has 2 aliphatic carbocycles. The maximum Gasteiger partial charge on any atom is 0.408 e. The molecule has 0 saturated carbocycles. The first-order valence-corrected chi connectivity index (χ1v) is 14.2. The standard InChI is InChI=1S/C29H45N5O8.H2O/c1-16(23(35)33-22-15-11-9-13-20(22)26(38)31-18(3)27(39)41-7)30-25(37)19-12-8-10-14-21(19)34-24(36)17(2)32-28(40)42-29(4,5)6;/h8-11,16-22H,12-15H2,1-7H3,(H,30,37)(H,31,38)(H,32,40)(H,33,35)(H,34,36);1H2/t16-,17-,18-,19-,20-,21+,22+;/m0./s1. The van der Waals surface area contributed by atoms with Gasteiger partial charge in [-0.05, 0) is 67.2 Å². The fraction of sp³-hybridized carbons (Fsp3) is 0.655. The minimum Gasteiger partial charge on any atom is -0.467 e. The highest BCUT2D eigenvalue weighted by atomic mass is 16.6. The highest BCUT2D eigenvalue weighted by molar-refractivity contribution is 5.91. The van der Waals surface area contributed by atoms with E-state index in [0.29, 0.717) is 25.7 Å². The third kappa shape index (κ3) is 11.7. The molecule has 0 bridgehead atoms. The molecule has 0 unspecified atom stereocenters. The molecular weight excluding hydrogens is 562 g/mol. The molecule has 0 aromatic rings. The number of hydrogen-bond donors (Lipinski definition) is 5. The number of alkyl carbamates (subject to hydrolysis) is 1. The van der Waals surface area contributed by atoms with E-state index in [-0.39, 0.29) is 11.4 Å². The van der Waals surface area contributed by atoms with Crippen molar-refractivity contribution in [1.82, 2.24) is 26.6 Å². The van der Waals surface area contributed by atoms with Crippen molar-refractivity contribution in [1.29, 1.82) is 0 Å². The van der Waals surface area contributed by atoms with Crippen molar-refractivity contribution in [3.8, 4) is 0 Å². The molecule has 242 valence electrons. The Kier molecular flexibility index (Phi) is 14.3. The van der Waals surface area contributed by atoms with Crippen molar-refractivity contribution in [2.45, 2.75) is 103 Å². The van der Waals surface area contributed by atoms with Gasteiger partial charge in [0.25, 0.3) is 0 Å². The molecule has 5 amide bonds. The van der Waals surface area contributed by atoms with Crippen LogP contribution in [0.25, 0.3) is 0 Å². The summed E-state index contributed by atoms with van der Waals surface area (Å²) in [6.07, 6.45) is 8.22. The summed E-state index contributed by atoms with van der Waals surface area (Å²) in [5, 5.41) is 13.5. The minimum absolute atomic E-state index is 0. The second kappa shape index (κ2) is 16.6. The van der Waals surface area contributed by atoms with Crippen LogP contribution in [0.2, 0.25) is 0 Å². The first kappa shape index (κ1) is 37.1. The van der Waals surface area contributed by atoms with Crippen molar-refractivity contribution in [3.05, 3.63) is 24.3 Å². The molecule has 7 N–H and O–H groups in total. The topological polar surface area (TPSA) is 213 Å². The van der Waals surface area contributed by atoms with E-state index in [1.165, 1.54) is 21.0 Å². The largest absolute Gasteiger partial charge is 0.467 e. The molecule has 2 rings (SSSR count). The lowest BCUT2D eigenvalue weighted by Gasteiger charge is -2.32. The summed E-state index contributed by atoms with van der Waals surface area (Å²) in [7, 11) is 1.23. The number of esters is 1. The number of allylic oxidation sites excluding steroid dienone is 2. The van der Waals surface area contributed by atoms with Gasteiger partial charge in [0, 0.05) is 12.1 Å². The molecule has 0 spiro atoms. The summed E-state index contributed by atoms with van der Waals surface area (Å²) in [4.78, 5) is 75.6. The normalized spacial score (nSPS) is 23.2. The van der Waals surface area contributed by atoms with Crippen LogP contribution in [0.1, 0.15) is 67.2 Å². The fourth-order valence-electron chi connectivity index (χ4n) is 4.63. The third-order valence-electron chi connectivity index (χ3n) is 6.99. The molecule has 0 heterocycles. The first-order valence-electron chi connectivity index (χ1n) is 14.2. The lowest BCUT2D eigenvalue weighted by atomic mass is 9.87. The van der Waals surface area contributed by atoms with E-state index < -0.39 is 77.4 Å². The van der Waals surface area contributed by atoms with Crippen LogP contribution in [0.4, 0.5) is 4.79 Å². The Labute approximate surface area is 252 Å². The number of hydrogen-bond acceptors (Lipinski definition) is 8. The zero-order valence-corrected chi connectivity index (χ0v) is 25.9. The fourth-order valence-corrected chi connectivity index (χ4v) is 4.63. The molecule has 0 aliphatic heterocycles. The van der Waals surface area contributed by atoms with Crippen molar-refractivity contribution in [2.75, 3.05) is 7.11 Å². The second-order valence-electron chi connectivity index (χ2n) is 11.7. The predicted molar refractivity (Wildman–Crippen MR) is 157 cm³/mol. The molecule has 0 aromatic carbocycles. The van der Waals surface area contributed by atoms with E-state index >= 15 is 0 Å². The van der Waals surface area contributed by atoms with Crippen LogP contribution in [0.5, 0.6) is 0 Å². The van der Waals surface area contributed by atoms with E-state index in [0.717, 1.165) is 0 Å². The van der Waals surface area contributed by atoms with Gasteiger partial charge < -0.3 is 41.5 Å². The molecular formula is C29H47N5O9. The maximum absolute atomic E-state index is 13.2. The Bertz CT molecular complexity index is 1080. The molecule has 14 nitrogen and oxygen atoms in total. The van der Waals surface area contributed by atoms with Crippen molar-refractivity contribution < 1.29 is 43.7 Å². The average Bonchev–Trinajstić information content (AvgIpc) is 2.91. The summed E-state index contributed by atoms with van der Waals surface area (Å²) >= 11 is 0. The highest BCUT2D eigenvalue weighted by Gasteiger charge is 2.35. The summed E-state index contributed by atoms with van der Waals surface area (Å²) in [5.41, 5.74) is -0.718. The molecule has 43 heavy (non-hydrogen) atoms. The van der Waals surface area contributed by atoms with Crippen LogP contribution >= 0.6 is 0 Å². The van der Waals surface area contributed by atoms with Crippen LogP contribution in [-0.2, 0) is 33.4 Å². The van der Waals surface area contributed by atoms with Crippen molar-refractivity contribution >= 4 is 35.7 Å². The Balaban J connectivity index is 0.00000924. The van der Waals surface area contributed by atoms with Crippen LogP contribution in [-0.4, -0.2) is 84.1 Å². The first-order chi connectivity index (χ1) is 19.6. The van der Waals surface area contributed by atoms with Gasteiger partial charge in [-0.15, -0.1) is 0 Å². The molecule has 0 aromatic heterocycles. The number of ether oxygens (including phenoxy) is 2. The smallest absolute Gasteiger partial charge is 0.408 e. The van der Waals surface area contributed by atoms with Gasteiger partial charge >= 0.3 is 12.1 Å². The number of nitrogens with one attached hydrogen (secondary N) is 5. The summed E-state index contributed by atoms with van der Waals surface area (Å²) < 4.78 is 9.85. The van der Waals surface area contributed by atoms with Crippen LogP contribution in [0.15, 0.2) is 24.3 Å². The van der Waals surface area contributed by atoms with Crippen molar-refractivity contribution in [3.63, 3.8) is 0 Å². The van der Waals surface area contributed by atoms with Gasteiger partial charge in [-0.25, -0.2) is 9.59 Å². The average molecular weight is 610 g/mol. The van der Waals surface area contributed by atoms with Crippen LogP contribution in [0, 0.1) is 11.8 Å². The van der Waals surface area contributed by atoms with Gasteiger partial charge in [-0.3, -0.25) is 19.2 Å². The SMILES string of the molecule is COC(=O)[C@H](C)NC(=O)[C@H]1CC=CC[C@H]1NC(=O)[C@H](C)NC(=O)[C@H]1CC=CC[C@H]1NC(=O)[C@H](C)NC(=O)OC(C)(C)C.O. The summed E-state index contributed by atoms with van der Waals surface area (Å²) in [5.74, 6) is -3.56. The Hall–Kier alpha value is -3.94. The highest BCUT2D eigenvalue weighted by Crippen LogP contribution is 2.22. The Morgan fingerprint density at radius 2 is 1.07 bits per heavy atom. The van der Waals surface area contributed by atoms with Gasteiger partial charge in [0.05, 0.1) is 18.9 Å². The van der Waals surface area contributed by atoms with E-state index in [4.69, 9.17) is 4.74 Å². The number of carbonyl (C=O) groups excluding carboxylic acids is 6. The summed E-state index contributed by atoms with van der Waals surface area (Å²) in [6, 6.07) is -3.73. The minimum atomic E-state index is -0.920. The summed E-state index contributed by atoms with van der Waals surface area (Å²) in [6.45, 7) is 9.72. The molecule has 0 saturated heterocycles. The zero-order valence-electron chi connectivity index (χ0n) is 25.9. The van der Waals surface area contributed by atoms with Gasteiger partial charge in [-0.1, -0.05) is 24.3 Å². The number of amides is 5. The van der Waals surface area contributed by atoms with E-state index in [1.54, 1.807) is 27.7 Å². The lowest BCUT2D eigenvalue weighted by Crippen LogP contribution is -2.56. The number of carbonyl (C=O) groups is 6. The van der Waals surface area contributed by atoms with Gasteiger partial charge in [0.1, 0.15) is 23.7 Å².